The molecule has 1 aromatic rings. The van der Waals surface area contributed by atoms with Crippen molar-refractivity contribution in [1.82, 2.24) is 0 Å². The summed E-state index contributed by atoms with van der Waals surface area (Å²) in [6.07, 6.45) is 21.5. The zero-order chi connectivity index (χ0) is 19.6. The van der Waals surface area contributed by atoms with Gasteiger partial charge in [0, 0.05) is 5.56 Å². The largest absolute Gasteiger partial charge is 0.207 e. The van der Waals surface area contributed by atoms with Crippen molar-refractivity contribution in [2.45, 2.75) is 84.0 Å². The van der Waals surface area contributed by atoms with Gasteiger partial charge in [0.05, 0.1) is 0 Å². The van der Waals surface area contributed by atoms with E-state index < -0.39 is 0 Å². The van der Waals surface area contributed by atoms with E-state index in [2.05, 4.69) is 24.8 Å². The van der Waals surface area contributed by atoms with Crippen molar-refractivity contribution in [3.05, 3.63) is 47.8 Å². The summed E-state index contributed by atoms with van der Waals surface area (Å²) in [4.78, 5) is 0. The highest BCUT2D eigenvalue weighted by Crippen LogP contribution is 2.37. The highest BCUT2D eigenvalue weighted by Gasteiger charge is 2.23. The number of rotatable bonds is 6. The van der Waals surface area contributed by atoms with Gasteiger partial charge in [0.2, 0.25) is 0 Å². The Kier molecular flexibility index (Phi) is 8.66. The lowest BCUT2D eigenvalue weighted by Gasteiger charge is -2.31. The summed E-state index contributed by atoms with van der Waals surface area (Å²) in [5.41, 5.74) is 0.874. The molecule has 0 bridgehead atoms. The van der Waals surface area contributed by atoms with Crippen molar-refractivity contribution in [3.63, 3.8) is 0 Å². The summed E-state index contributed by atoms with van der Waals surface area (Å²) in [6, 6.07) is 6.40. The molecule has 28 heavy (non-hydrogen) atoms. The van der Waals surface area contributed by atoms with E-state index in [1.165, 1.54) is 89.2 Å². The average Bonchev–Trinajstić information content (AvgIpc) is 2.73. The highest BCUT2D eigenvalue weighted by molar-refractivity contribution is 5.36. The van der Waals surface area contributed by atoms with Crippen molar-refractivity contribution in [1.29, 1.82) is 0 Å². The zero-order valence-electron chi connectivity index (χ0n) is 17.6. The highest BCUT2D eigenvalue weighted by atomic mass is 19.1. The van der Waals surface area contributed by atoms with E-state index in [-0.39, 0.29) is 5.82 Å². The number of halogens is 1. The fourth-order valence-corrected chi connectivity index (χ4v) is 5.20. The second kappa shape index (κ2) is 11.5. The molecule has 0 amide bonds. The summed E-state index contributed by atoms with van der Waals surface area (Å²) in [5.74, 6) is 9.70. The van der Waals surface area contributed by atoms with Crippen LogP contribution in [-0.4, -0.2) is 0 Å². The Morgan fingerprint density at radius 2 is 1.36 bits per heavy atom. The predicted octanol–water partition coefficient (Wildman–Crippen LogP) is 7.93. The van der Waals surface area contributed by atoms with Crippen molar-refractivity contribution < 1.29 is 4.39 Å². The van der Waals surface area contributed by atoms with E-state index in [1.807, 2.05) is 6.08 Å². The quantitative estimate of drug-likeness (QED) is 0.440. The summed E-state index contributed by atoms with van der Waals surface area (Å²) < 4.78 is 12.9. The lowest BCUT2D eigenvalue weighted by atomic mass is 9.75. The Balaban J connectivity index is 1.31. The van der Waals surface area contributed by atoms with Crippen LogP contribution in [0.1, 0.15) is 89.5 Å². The van der Waals surface area contributed by atoms with Crippen LogP contribution >= 0.6 is 0 Å². The van der Waals surface area contributed by atoms with Crippen molar-refractivity contribution in [3.8, 4) is 11.8 Å². The summed E-state index contributed by atoms with van der Waals surface area (Å²) in [7, 11) is 0. The van der Waals surface area contributed by atoms with Crippen molar-refractivity contribution >= 4 is 0 Å². The van der Waals surface area contributed by atoms with Gasteiger partial charge in [-0.25, -0.2) is 4.39 Å². The maximum Gasteiger partial charge on any atom is 0.123 e. The van der Waals surface area contributed by atoms with Crippen LogP contribution in [0.5, 0.6) is 0 Å². The minimum Gasteiger partial charge on any atom is -0.207 e. The molecule has 0 nitrogen and oxygen atoms in total. The average molecular weight is 381 g/mol. The van der Waals surface area contributed by atoms with Gasteiger partial charge in [-0.15, -0.1) is 0 Å². The standard InChI is InChI=1S/C27H37F/c1-2-5-22-8-12-25(13-9-22)16-17-26-14-10-23(11-15-26)6-3-4-7-24-18-20-27(28)21-19-24/h3,6,18-23,25-26H,2,5,8-17H2,1H3/b6-3+. The van der Waals surface area contributed by atoms with Crippen LogP contribution in [0.3, 0.4) is 0 Å². The van der Waals surface area contributed by atoms with Crippen LogP contribution in [0.2, 0.25) is 0 Å². The summed E-state index contributed by atoms with van der Waals surface area (Å²) in [5, 5.41) is 0. The van der Waals surface area contributed by atoms with Gasteiger partial charge in [0.15, 0.2) is 0 Å². The van der Waals surface area contributed by atoms with Crippen LogP contribution in [0.25, 0.3) is 0 Å². The van der Waals surface area contributed by atoms with E-state index in [1.54, 1.807) is 12.1 Å². The van der Waals surface area contributed by atoms with E-state index in [9.17, 15) is 4.39 Å². The first-order valence-electron chi connectivity index (χ1n) is 11.7. The van der Waals surface area contributed by atoms with Gasteiger partial charge < -0.3 is 0 Å². The molecule has 0 unspecified atom stereocenters. The first-order chi connectivity index (χ1) is 13.7. The SMILES string of the molecule is CCCC1CCC(CCC2CCC(/C=C/C#Cc3ccc(F)cc3)CC2)CC1. The number of benzene rings is 1. The molecule has 1 heteroatoms. The molecular weight excluding hydrogens is 343 g/mol. The van der Waals surface area contributed by atoms with Gasteiger partial charge in [-0.1, -0.05) is 76.2 Å². The predicted molar refractivity (Wildman–Crippen MR) is 117 cm³/mol. The lowest BCUT2D eigenvalue weighted by molar-refractivity contribution is 0.221. The third kappa shape index (κ3) is 7.12. The Bertz CT molecular complexity index is 644. The molecule has 0 spiro atoms. The molecule has 2 fully saturated rings. The number of allylic oxidation sites excluding steroid dienone is 2. The first kappa shape index (κ1) is 21.2. The Labute approximate surface area is 172 Å². The summed E-state index contributed by atoms with van der Waals surface area (Å²) >= 11 is 0. The molecule has 0 heterocycles. The van der Waals surface area contributed by atoms with Crippen LogP contribution in [-0.2, 0) is 0 Å². The number of hydrogen-bond acceptors (Lipinski definition) is 0. The van der Waals surface area contributed by atoms with E-state index in [0.717, 1.165) is 23.3 Å². The smallest absolute Gasteiger partial charge is 0.123 e. The fourth-order valence-electron chi connectivity index (χ4n) is 5.20. The third-order valence-corrected chi connectivity index (χ3v) is 7.05. The van der Waals surface area contributed by atoms with E-state index in [0.29, 0.717) is 5.92 Å². The Hall–Kier alpha value is -1.55. The zero-order valence-corrected chi connectivity index (χ0v) is 17.6. The molecule has 2 saturated carbocycles. The van der Waals surface area contributed by atoms with Crippen molar-refractivity contribution in [2.75, 3.05) is 0 Å². The maximum absolute atomic E-state index is 12.9. The van der Waals surface area contributed by atoms with Crippen LogP contribution < -0.4 is 0 Å². The topological polar surface area (TPSA) is 0 Å². The molecule has 2 aliphatic carbocycles. The minimum atomic E-state index is -0.206. The van der Waals surface area contributed by atoms with Crippen molar-refractivity contribution in [2.24, 2.45) is 23.7 Å². The third-order valence-electron chi connectivity index (χ3n) is 7.05. The molecule has 0 N–H and O–H groups in total. The van der Waals surface area contributed by atoms with Gasteiger partial charge in [0.25, 0.3) is 0 Å². The van der Waals surface area contributed by atoms with Crippen LogP contribution in [0.4, 0.5) is 4.39 Å². The molecule has 2 aliphatic rings. The monoisotopic (exact) mass is 380 g/mol. The molecule has 3 rings (SSSR count). The fraction of sp³-hybridized carbons (Fsp3) is 0.630. The van der Waals surface area contributed by atoms with E-state index >= 15 is 0 Å². The van der Waals surface area contributed by atoms with Gasteiger partial charge in [-0.3, -0.25) is 0 Å². The van der Waals surface area contributed by atoms with Gasteiger partial charge in [-0.2, -0.15) is 0 Å². The van der Waals surface area contributed by atoms with E-state index in [4.69, 9.17) is 0 Å². The van der Waals surface area contributed by atoms with Gasteiger partial charge in [-0.05, 0) is 79.7 Å². The first-order valence-corrected chi connectivity index (χ1v) is 11.7. The normalized spacial score (nSPS) is 28.1. The maximum atomic E-state index is 12.9. The molecule has 0 saturated heterocycles. The molecule has 0 aromatic heterocycles. The number of hydrogen-bond donors (Lipinski definition) is 0. The minimum absolute atomic E-state index is 0.206. The molecule has 152 valence electrons. The molecule has 0 aliphatic heterocycles. The Morgan fingerprint density at radius 3 is 1.93 bits per heavy atom. The second-order valence-electron chi connectivity index (χ2n) is 9.17. The van der Waals surface area contributed by atoms with Gasteiger partial charge >= 0.3 is 0 Å². The molecular formula is C27H37F. The van der Waals surface area contributed by atoms with Crippen LogP contribution in [0, 0.1) is 41.3 Å². The molecule has 0 atom stereocenters. The lowest BCUT2D eigenvalue weighted by Crippen LogP contribution is -2.17. The molecule has 0 radical (unpaired) electrons. The van der Waals surface area contributed by atoms with Gasteiger partial charge in [0.1, 0.15) is 5.82 Å². The summed E-state index contributed by atoms with van der Waals surface area (Å²) in [6.45, 7) is 2.33. The second-order valence-corrected chi connectivity index (χ2v) is 9.17. The van der Waals surface area contributed by atoms with Crippen LogP contribution in [0.15, 0.2) is 36.4 Å². The Morgan fingerprint density at radius 1 is 0.821 bits per heavy atom. The molecule has 1 aromatic carbocycles.